The number of hydrogen-bond acceptors (Lipinski definition) is 5. The first-order chi connectivity index (χ1) is 8.76. The first-order valence-electron chi connectivity index (χ1n) is 6.27. The summed E-state index contributed by atoms with van der Waals surface area (Å²) in [6.07, 6.45) is 1.36. The minimum Gasteiger partial charge on any atom is -0.464 e. The van der Waals surface area contributed by atoms with Crippen LogP contribution in [0.4, 0.5) is 4.79 Å². The van der Waals surface area contributed by atoms with Gasteiger partial charge in [-0.2, -0.15) is 0 Å². The van der Waals surface area contributed by atoms with Crippen LogP contribution in [-0.2, 0) is 14.3 Å². The molecule has 1 aliphatic rings. The van der Waals surface area contributed by atoms with Gasteiger partial charge in [0, 0.05) is 6.54 Å². The molecule has 0 aliphatic carbocycles. The Labute approximate surface area is 113 Å². The molecule has 1 heterocycles. The fourth-order valence-corrected chi connectivity index (χ4v) is 1.72. The maximum absolute atomic E-state index is 12.0. The third-order valence-electron chi connectivity index (χ3n) is 2.45. The highest BCUT2D eigenvalue weighted by Gasteiger charge is 2.39. The summed E-state index contributed by atoms with van der Waals surface area (Å²) in [6.45, 7) is 7.27. The van der Waals surface area contributed by atoms with Gasteiger partial charge in [0.25, 0.3) is 0 Å². The summed E-state index contributed by atoms with van der Waals surface area (Å²) >= 11 is 0. The lowest BCUT2D eigenvalue weighted by molar-refractivity contribution is -0.152. The Morgan fingerprint density at radius 2 is 2.05 bits per heavy atom. The van der Waals surface area contributed by atoms with E-state index in [0.717, 1.165) is 0 Å². The second-order valence-corrected chi connectivity index (χ2v) is 5.25. The predicted molar refractivity (Wildman–Crippen MR) is 68.5 cm³/mol. The molecule has 0 aromatic rings. The molecule has 2 atom stereocenters. The monoisotopic (exact) mass is 271 g/mol. The lowest BCUT2D eigenvalue weighted by atomic mass is 10.1. The topological polar surface area (TPSA) is 76.1 Å². The van der Waals surface area contributed by atoms with Crippen LogP contribution in [0.5, 0.6) is 0 Å². The van der Waals surface area contributed by atoms with Gasteiger partial charge < -0.3 is 14.6 Å². The lowest BCUT2D eigenvalue weighted by Crippen LogP contribution is -2.54. The predicted octanol–water partition coefficient (Wildman–Crippen LogP) is 1.09. The summed E-state index contributed by atoms with van der Waals surface area (Å²) in [5, 5.41) is 9.85. The highest BCUT2D eigenvalue weighted by atomic mass is 16.6. The maximum atomic E-state index is 12.0. The van der Waals surface area contributed by atoms with Gasteiger partial charge in [0.15, 0.2) is 6.04 Å². The van der Waals surface area contributed by atoms with Crippen molar-refractivity contribution in [2.45, 2.75) is 45.4 Å². The van der Waals surface area contributed by atoms with Crippen LogP contribution >= 0.6 is 0 Å². The molecule has 0 unspecified atom stereocenters. The number of nitrogens with zero attached hydrogens (tertiary/aromatic N) is 1. The molecule has 0 radical (unpaired) electrons. The van der Waals surface area contributed by atoms with Crippen LogP contribution in [0.15, 0.2) is 12.2 Å². The highest BCUT2D eigenvalue weighted by molar-refractivity contribution is 5.83. The van der Waals surface area contributed by atoms with Crippen LogP contribution in [0.3, 0.4) is 0 Å². The zero-order valence-corrected chi connectivity index (χ0v) is 11.8. The van der Waals surface area contributed by atoms with Gasteiger partial charge in [-0.25, -0.2) is 9.59 Å². The molecule has 0 saturated carbocycles. The first-order valence-corrected chi connectivity index (χ1v) is 6.27. The molecule has 0 aromatic carbocycles. The Kier molecular flexibility index (Phi) is 4.94. The molecule has 0 aromatic heterocycles. The lowest BCUT2D eigenvalue weighted by Gasteiger charge is -2.35. The van der Waals surface area contributed by atoms with Gasteiger partial charge >= 0.3 is 12.1 Å². The number of ether oxygens (including phenoxy) is 2. The van der Waals surface area contributed by atoms with Crippen LogP contribution in [0.25, 0.3) is 0 Å². The average molecular weight is 271 g/mol. The van der Waals surface area contributed by atoms with E-state index in [2.05, 4.69) is 0 Å². The molecule has 1 aliphatic heterocycles. The molecule has 19 heavy (non-hydrogen) atoms. The maximum Gasteiger partial charge on any atom is 0.411 e. The number of carbonyl (C=O) groups is 2. The van der Waals surface area contributed by atoms with E-state index >= 15 is 0 Å². The number of esters is 1. The quantitative estimate of drug-likeness (QED) is 0.601. The van der Waals surface area contributed by atoms with Crippen LogP contribution < -0.4 is 0 Å². The summed E-state index contributed by atoms with van der Waals surface area (Å²) in [5.41, 5.74) is -0.664. The number of amides is 1. The van der Waals surface area contributed by atoms with Gasteiger partial charge in [-0.3, -0.25) is 4.90 Å². The summed E-state index contributed by atoms with van der Waals surface area (Å²) in [6, 6.07) is -1.06. The number of carbonyl (C=O) groups excluding carboxylic acids is 2. The second kappa shape index (κ2) is 6.06. The fraction of sp³-hybridized carbons (Fsp3) is 0.692. The van der Waals surface area contributed by atoms with Crippen molar-refractivity contribution < 1.29 is 24.2 Å². The van der Waals surface area contributed by atoms with Gasteiger partial charge in [0.2, 0.25) is 0 Å². The van der Waals surface area contributed by atoms with E-state index in [1.165, 1.54) is 11.0 Å². The van der Waals surface area contributed by atoms with Crippen molar-refractivity contribution in [1.29, 1.82) is 0 Å². The van der Waals surface area contributed by atoms with Gasteiger partial charge in [0.05, 0.1) is 6.61 Å². The zero-order chi connectivity index (χ0) is 14.6. The Morgan fingerprint density at radius 3 is 2.58 bits per heavy atom. The van der Waals surface area contributed by atoms with E-state index in [0.29, 0.717) is 0 Å². The summed E-state index contributed by atoms with van der Waals surface area (Å²) in [4.78, 5) is 25.0. The van der Waals surface area contributed by atoms with E-state index in [1.54, 1.807) is 33.8 Å². The average Bonchev–Trinajstić information content (AvgIpc) is 2.26. The van der Waals surface area contributed by atoms with Crippen molar-refractivity contribution in [3.05, 3.63) is 12.2 Å². The minimum absolute atomic E-state index is 0.188. The minimum atomic E-state index is -1.08. The number of aliphatic hydroxyl groups is 1. The van der Waals surface area contributed by atoms with Crippen molar-refractivity contribution in [2.75, 3.05) is 13.2 Å². The molecule has 0 bridgehead atoms. The first kappa shape index (κ1) is 15.5. The Balaban J connectivity index is 2.86. The Hall–Kier alpha value is -1.56. The molecular formula is C13H21NO5. The third-order valence-corrected chi connectivity index (χ3v) is 2.45. The summed E-state index contributed by atoms with van der Waals surface area (Å²) in [7, 11) is 0. The van der Waals surface area contributed by atoms with E-state index in [1.807, 2.05) is 0 Å². The number of aliphatic hydroxyl groups excluding tert-OH is 1. The molecule has 0 fully saturated rings. The van der Waals surface area contributed by atoms with Crippen molar-refractivity contribution in [3.8, 4) is 0 Å². The Bertz CT molecular complexity index is 372. The number of hydrogen-bond donors (Lipinski definition) is 1. The molecular weight excluding hydrogens is 250 g/mol. The standard InChI is InChI=1S/C13H21NO5/c1-5-18-11(16)10-9(15)7-6-8-14(10)12(17)19-13(2,3)4/h6-7,9-10,15H,5,8H2,1-4H3/t9-,10-/m0/s1. The van der Waals surface area contributed by atoms with Gasteiger partial charge in [-0.05, 0) is 27.7 Å². The third kappa shape index (κ3) is 4.24. The fourth-order valence-electron chi connectivity index (χ4n) is 1.72. The highest BCUT2D eigenvalue weighted by Crippen LogP contribution is 2.18. The van der Waals surface area contributed by atoms with Gasteiger partial charge in [0.1, 0.15) is 11.7 Å². The van der Waals surface area contributed by atoms with Crippen molar-refractivity contribution >= 4 is 12.1 Å². The van der Waals surface area contributed by atoms with Gasteiger partial charge in [-0.15, -0.1) is 0 Å². The summed E-state index contributed by atoms with van der Waals surface area (Å²) in [5.74, 6) is -0.634. The normalized spacial score (nSPS) is 23.1. The molecule has 6 nitrogen and oxygen atoms in total. The number of rotatable bonds is 2. The van der Waals surface area contributed by atoms with Crippen molar-refractivity contribution in [2.24, 2.45) is 0 Å². The van der Waals surface area contributed by atoms with Crippen LogP contribution in [-0.4, -0.2) is 53.0 Å². The summed E-state index contributed by atoms with van der Waals surface area (Å²) < 4.78 is 10.1. The largest absolute Gasteiger partial charge is 0.464 e. The van der Waals surface area contributed by atoms with Crippen LogP contribution in [0.1, 0.15) is 27.7 Å². The van der Waals surface area contributed by atoms with Crippen LogP contribution in [0.2, 0.25) is 0 Å². The van der Waals surface area contributed by atoms with Crippen LogP contribution in [0, 0.1) is 0 Å². The second-order valence-electron chi connectivity index (χ2n) is 5.25. The molecule has 1 N–H and O–H groups in total. The molecule has 1 rings (SSSR count). The molecule has 1 amide bonds. The SMILES string of the molecule is CCOC(=O)[C@@H]1[C@@H](O)C=CCN1C(=O)OC(C)(C)C. The van der Waals surface area contributed by atoms with E-state index in [-0.39, 0.29) is 13.2 Å². The molecule has 108 valence electrons. The van der Waals surface area contributed by atoms with Crippen molar-refractivity contribution in [1.82, 2.24) is 4.90 Å². The molecule has 0 saturated heterocycles. The zero-order valence-electron chi connectivity index (χ0n) is 11.8. The Morgan fingerprint density at radius 1 is 1.42 bits per heavy atom. The molecule has 0 spiro atoms. The van der Waals surface area contributed by atoms with E-state index < -0.39 is 29.8 Å². The smallest absolute Gasteiger partial charge is 0.411 e. The van der Waals surface area contributed by atoms with E-state index in [4.69, 9.17) is 9.47 Å². The van der Waals surface area contributed by atoms with E-state index in [9.17, 15) is 14.7 Å². The molecule has 6 heteroatoms. The van der Waals surface area contributed by atoms with Crippen molar-refractivity contribution in [3.63, 3.8) is 0 Å². The van der Waals surface area contributed by atoms with Gasteiger partial charge in [-0.1, -0.05) is 12.2 Å².